The second-order valence-corrected chi connectivity index (χ2v) is 3.76. The minimum absolute atomic E-state index is 0.534. The van der Waals surface area contributed by atoms with Gasteiger partial charge in [0, 0.05) is 11.0 Å². The lowest BCUT2D eigenvalue weighted by molar-refractivity contribution is 0.112. The third-order valence-electron chi connectivity index (χ3n) is 2.69. The Morgan fingerprint density at radius 2 is 1.47 bits per heavy atom. The molecule has 1 aliphatic rings. The van der Waals surface area contributed by atoms with Crippen LogP contribution in [-0.4, -0.2) is 13.4 Å². The Labute approximate surface area is 99.1 Å². The quantitative estimate of drug-likeness (QED) is 0.574. The SMILES string of the molecule is O=Cc1ccccc1B1Oc2ccccc2O1. The number of aldehydes is 1. The zero-order chi connectivity index (χ0) is 11.7. The number of fused-ring (bicyclic) bond motifs is 1. The molecule has 2 aromatic rings. The zero-order valence-corrected chi connectivity index (χ0v) is 9.00. The molecule has 17 heavy (non-hydrogen) atoms. The summed E-state index contributed by atoms with van der Waals surface area (Å²) in [5, 5.41) is 0. The summed E-state index contributed by atoms with van der Waals surface area (Å²) >= 11 is 0. The van der Waals surface area contributed by atoms with Crippen molar-refractivity contribution in [2.75, 3.05) is 0 Å². The van der Waals surface area contributed by atoms with Crippen LogP contribution < -0.4 is 14.8 Å². The number of carbonyl (C=O) groups excluding carboxylic acids is 1. The molecular weight excluding hydrogens is 215 g/mol. The average molecular weight is 224 g/mol. The van der Waals surface area contributed by atoms with E-state index in [0.29, 0.717) is 17.1 Å². The molecule has 0 saturated heterocycles. The van der Waals surface area contributed by atoms with E-state index < -0.39 is 7.12 Å². The smallest absolute Gasteiger partial charge is 0.519 e. The molecule has 0 N–H and O–H groups in total. The molecule has 0 bridgehead atoms. The maximum atomic E-state index is 10.9. The van der Waals surface area contributed by atoms with Gasteiger partial charge in [0.1, 0.15) is 17.8 Å². The summed E-state index contributed by atoms with van der Waals surface area (Å²) in [5.74, 6) is 1.41. The van der Waals surface area contributed by atoms with Crippen LogP contribution in [0.5, 0.6) is 11.5 Å². The summed E-state index contributed by atoms with van der Waals surface area (Å²) in [4.78, 5) is 10.9. The summed E-state index contributed by atoms with van der Waals surface area (Å²) in [6.07, 6.45) is 0.811. The molecule has 0 amide bonds. The molecule has 3 nitrogen and oxygen atoms in total. The number of hydrogen-bond acceptors (Lipinski definition) is 3. The van der Waals surface area contributed by atoms with E-state index in [-0.39, 0.29) is 0 Å². The monoisotopic (exact) mass is 224 g/mol. The Morgan fingerprint density at radius 1 is 0.882 bits per heavy atom. The first-order chi connectivity index (χ1) is 8.38. The normalized spacial score (nSPS) is 12.6. The van der Waals surface area contributed by atoms with Crippen molar-refractivity contribution in [3.8, 4) is 11.5 Å². The van der Waals surface area contributed by atoms with Crippen LogP contribution in [0.15, 0.2) is 48.5 Å². The van der Waals surface area contributed by atoms with Crippen LogP contribution in [0.1, 0.15) is 10.4 Å². The fraction of sp³-hybridized carbons (Fsp3) is 0. The highest BCUT2D eigenvalue weighted by molar-refractivity contribution is 6.64. The van der Waals surface area contributed by atoms with E-state index in [0.717, 1.165) is 11.7 Å². The molecule has 0 fully saturated rings. The molecule has 2 aromatic carbocycles. The molecule has 82 valence electrons. The van der Waals surface area contributed by atoms with E-state index in [9.17, 15) is 4.79 Å². The average Bonchev–Trinajstić information content (AvgIpc) is 2.82. The van der Waals surface area contributed by atoms with Crippen molar-refractivity contribution in [1.82, 2.24) is 0 Å². The Bertz CT molecular complexity index is 543. The molecule has 0 unspecified atom stereocenters. The largest absolute Gasteiger partial charge is 0.633 e. The predicted molar refractivity (Wildman–Crippen MR) is 64.9 cm³/mol. The Balaban J connectivity index is 1.96. The van der Waals surface area contributed by atoms with Gasteiger partial charge in [-0.1, -0.05) is 36.4 Å². The number of hydrogen-bond donors (Lipinski definition) is 0. The molecule has 1 aliphatic heterocycles. The van der Waals surface area contributed by atoms with Crippen LogP contribution in [0.4, 0.5) is 0 Å². The second kappa shape index (κ2) is 3.98. The Kier molecular flexibility index (Phi) is 2.33. The maximum absolute atomic E-state index is 10.9. The van der Waals surface area contributed by atoms with E-state index in [1.165, 1.54) is 0 Å². The van der Waals surface area contributed by atoms with Crippen LogP contribution >= 0.6 is 0 Å². The molecule has 0 aliphatic carbocycles. The summed E-state index contributed by atoms with van der Waals surface area (Å²) in [7, 11) is -0.534. The van der Waals surface area contributed by atoms with Gasteiger partial charge in [-0.3, -0.25) is 4.79 Å². The third-order valence-corrected chi connectivity index (χ3v) is 2.69. The Hall–Kier alpha value is -2.23. The summed E-state index contributed by atoms with van der Waals surface area (Å²) in [6, 6.07) is 14.7. The van der Waals surface area contributed by atoms with Gasteiger partial charge in [0.05, 0.1) is 0 Å². The fourth-order valence-corrected chi connectivity index (χ4v) is 1.86. The van der Waals surface area contributed by atoms with E-state index in [1.54, 1.807) is 6.07 Å². The molecule has 0 saturated carbocycles. The van der Waals surface area contributed by atoms with Crippen LogP contribution in [0.2, 0.25) is 0 Å². The van der Waals surface area contributed by atoms with Gasteiger partial charge in [0.2, 0.25) is 0 Å². The van der Waals surface area contributed by atoms with Crippen LogP contribution in [-0.2, 0) is 0 Å². The van der Waals surface area contributed by atoms with Gasteiger partial charge in [-0.15, -0.1) is 0 Å². The van der Waals surface area contributed by atoms with E-state index in [2.05, 4.69) is 0 Å². The van der Waals surface area contributed by atoms with Gasteiger partial charge in [0.15, 0.2) is 0 Å². The van der Waals surface area contributed by atoms with Crippen LogP contribution in [0, 0.1) is 0 Å². The number of carbonyl (C=O) groups is 1. The second-order valence-electron chi connectivity index (χ2n) is 3.76. The first-order valence-corrected chi connectivity index (χ1v) is 5.35. The highest BCUT2D eigenvalue weighted by Gasteiger charge is 2.35. The number of para-hydroxylation sites is 2. The van der Waals surface area contributed by atoms with Gasteiger partial charge < -0.3 is 9.31 Å². The molecule has 4 heteroatoms. The molecule has 3 rings (SSSR count). The lowest BCUT2D eigenvalue weighted by Gasteiger charge is -2.06. The molecule has 0 aromatic heterocycles. The van der Waals surface area contributed by atoms with Crippen molar-refractivity contribution in [2.24, 2.45) is 0 Å². The lowest BCUT2D eigenvalue weighted by atomic mass is 9.76. The van der Waals surface area contributed by atoms with Crippen molar-refractivity contribution in [1.29, 1.82) is 0 Å². The summed E-state index contributed by atoms with van der Waals surface area (Å²) in [6.45, 7) is 0. The summed E-state index contributed by atoms with van der Waals surface area (Å²) < 4.78 is 11.3. The molecular formula is C13H9BO3. The van der Waals surface area contributed by atoms with Crippen molar-refractivity contribution in [3.05, 3.63) is 54.1 Å². The van der Waals surface area contributed by atoms with Crippen molar-refractivity contribution in [3.63, 3.8) is 0 Å². The van der Waals surface area contributed by atoms with Gasteiger partial charge >= 0.3 is 7.12 Å². The van der Waals surface area contributed by atoms with Gasteiger partial charge in [-0.05, 0) is 12.1 Å². The van der Waals surface area contributed by atoms with Gasteiger partial charge in [-0.2, -0.15) is 0 Å². The molecule has 0 radical (unpaired) electrons. The minimum Gasteiger partial charge on any atom is -0.519 e. The maximum Gasteiger partial charge on any atom is 0.633 e. The first-order valence-electron chi connectivity index (χ1n) is 5.35. The first kappa shape index (κ1) is 9.96. The fourth-order valence-electron chi connectivity index (χ4n) is 1.86. The predicted octanol–water partition coefficient (Wildman–Crippen LogP) is 1.67. The molecule has 0 spiro atoms. The van der Waals surface area contributed by atoms with E-state index in [4.69, 9.17) is 9.31 Å². The number of benzene rings is 2. The standard InChI is InChI=1S/C13H9BO3/c15-9-10-5-1-2-6-11(10)14-16-12-7-3-4-8-13(12)17-14/h1-9H. The van der Waals surface area contributed by atoms with Crippen LogP contribution in [0.25, 0.3) is 0 Å². The molecule has 1 heterocycles. The van der Waals surface area contributed by atoms with Crippen molar-refractivity contribution < 1.29 is 14.1 Å². The number of rotatable bonds is 2. The topological polar surface area (TPSA) is 35.5 Å². The highest BCUT2D eigenvalue weighted by Crippen LogP contribution is 2.32. The van der Waals surface area contributed by atoms with Gasteiger partial charge in [0.25, 0.3) is 0 Å². The van der Waals surface area contributed by atoms with Crippen LogP contribution in [0.3, 0.4) is 0 Å². The molecule has 0 atom stereocenters. The highest BCUT2D eigenvalue weighted by atomic mass is 16.6. The van der Waals surface area contributed by atoms with Crippen molar-refractivity contribution in [2.45, 2.75) is 0 Å². The summed E-state index contributed by atoms with van der Waals surface area (Å²) in [5.41, 5.74) is 1.34. The minimum atomic E-state index is -0.534. The third kappa shape index (κ3) is 1.67. The van der Waals surface area contributed by atoms with Crippen molar-refractivity contribution >= 4 is 18.9 Å². The zero-order valence-electron chi connectivity index (χ0n) is 9.00. The van der Waals surface area contributed by atoms with Gasteiger partial charge in [-0.25, -0.2) is 0 Å². The van der Waals surface area contributed by atoms with E-state index in [1.807, 2.05) is 42.5 Å². The Morgan fingerprint density at radius 3 is 2.12 bits per heavy atom. The lowest BCUT2D eigenvalue weighted by Crippen LogP contribution is -2.41. The van der Waals surface area contributed by atoms with E-state index >= 15 is 0 Å².